The molecule has 0 amide bonds. The van der Waals surface area contributed by atoms with Crippen LogP contribution in [0.4, 0.5) is 0 Å². The zero-order valence-corrected chi connectivity index (χ0v) is 13.2. The number of aromatic nitrogens is 2. The predicted octanol–water partition coefficient (Wildman–Crippen LogP) is 4.99. The van der Waals surface area contributed by atoms with E-state index < -0.39 is 0 Å². The smallest absolute Gasteiger partial charge is 0.132 e. The Bertz CT molecular complexity index is 779. The highest BCUT2D eigenvalue weighted by Gasteiger charge is 2.16. The van der Waals surface area contributed by atoms with Gasteiger partial charge in [0.25, 0.3) is 0 Å². The first kappa shape index (κ1) is 14.2. The van der Waals surface area contributed by atoms with Crippen molar-refractivity contribution in [1.82, 2.24) is 9.55 Å². The lowest BCUT2D eigenvalue weighted by molar-refractivity contribution is 0.414. The molecule has 0 aliphatic heterocycles. The van der Waals surface area contributed by atoms with Gasteiger partial charge in [-0.05, 0) is 49.4 Å². The van der Waals surface area contributed by atoms with Crippen molar-refractivity contribution < 1.29 is 4.74 Å². The maximum absolute atomic E-state index is 6.29. The van der Waals surface area contributed by atoms with E-state index in [9.17, 15) is 0 Å². The first-order valence-corrected chi connectivity index (χ1v) is 7.38. The largest absolute Gasteiger partial charge is 0.497 e. The van der Waals surface area contributed by atoms with E-state index in [-0.39, 0.29) is 5.38 Å². The van der Waals surface area contributed by atoms with Gasteiger partial charge < -0.3 is 4.74 Å². The molecule has 1 aromatic heterocycles. The molecule has 1 unspecified atom stereocenters. The predicted molar refractivity (Wildman–Crippen MR) is 86.9 cm³/mol. The Morgan fingerprint density at radius 1 is 1.14 bits per heavy atom. The third-order valence-corrected chi connectivity index (χ3v) is 3.76. The van der Waals surface area contributed by atoms with E-state index in [1.807, 2.05) is 54.0 Å². The van der Waals surface area contributed by atoms with E-state index in [1.54, 1.807) is 7.11 Å². The van der Waals surface area contributed by atoms with Crippen LogP contribution in [0.15, 0.2) is 42.5 Å². The zero-order valence-electron chi connectivity index (χ0n) is 11.7. The molecular weight excluding hydrogens is 307 g/mol. The first-order valence-electron chi connectivity index (χ1n) is 6.56. The van der Waals surface area contributed by atoms with Crippen LogP contribution < -0.4 is 4.74 Å². The first-order chi connectivity index (χ1) is 10.1. The molecule has 0 N–H and O–H groups in total. The topological polar surface area (TPSA) is 27.1 Å². The fourth-order valence-corrected chi connectivity index (χ4v) is 2.65. The van der Waals surface area contributed by atoms with Gasteiger partial charge in [0.15, 0.2) is 0 Å². The van der Waals surface area contributed by atoms with E-state index >= 15 is 0 Å². The van der Waals surface area contributed by atoms with Gasteiger partial charge in [0.1, 0.15) is 11.6 Å². The van der Waals surface area contributed by atoms with Crippen molar-refractivity contribution in [2.45, 2.75) is 12.3 Å². The summed E-state index contributed by atoms with van der Waals surface area (Å²) in [6.07, 6.45) is 0. The maximum atomic E-state index is 6.29. The lowest BCUT2D eigenvalue weighted by atomic mass is 10.2. The summed E-state index contributed by atoms with van der Waals surface area (Å²) in [4.78, 5) is 4.61. The number of hydrogen-bond acceptors (Lipinski definition) is 2. The summed E-state index contributed by atoms with van der Waals surface area (Å²) < 4.78 is 7.22. The van der Waals surface area contributed by atoms with Crippen molar-refractivity contribution in [3.63, 3.8) is 0 Å². The highest BCUT2D eigenvalue weighted by molar-refractivity contribution is 6.31. The highest BCUT2D eigenvalue weighted by atomic mass is 35.5. The quantitative estimate of drug-likeness (QED) is 0.636. The van der Waals surface area contributed by atoms with Crippen LogP contribution in [0.5, 0.6) is 5.75 Å². The Labute approximate surface area is 133 Å². The zero-order chi connectivity index (χ0) is 15.0. The van der Waals surface area contributed by atoms with E-state index in [0.717, 1.165) is 28.3 Å². The number of hydrogen-bond donors (Lipinski definition) is 0. The van der Waals surface area contributed by atoms with Crippen molar-refractivity contribution in [3.8, 4) is 11.4 Å². The number of methoxy groups -OCH3 is 1. The molecule has 2 aromatic carbocycles. The Hall–Kier alpha value is -1.71. The second kappa shape index (κ2) is 5.58. The fourth-order valence-electron chi connectivity index (χ4n) is 2.34. The standard InChI is InChI=1S/C16H14Cl2N2O/c1-10(17)16-19-14-8-3-11(18)9-15(14)20(16)12-4-6-13(21-2)7-5-12/h3-10H,1-2H3. The summed E-state index contributed by atoms with van der Waals surface area (Å²) in [5.74, 6) is 1.60. The Morgan fingerprint density at radius 2 is 1.86 bits per heavy atom. The monoisotopic (exact) mass is 320 g/mol. The molecule has 0 bridgehead atoms. The molecule has 0 saturated heterocycles. The molecule has 1 atom stereocenters. The van der Waals surface area contributed by atoms with Crippen LogP contribution in [0.2, 0.25) is 5.02 Å². The van der Waals surface area contributed by atoms with Crippen molar-refractivity contribution in [3.05, 3.63) is 53.3 Å². The fraction of sp³-hybridized carbons (Fsp3) is 0.188. The third-order valence-electron chi connectivity index (χ3n) is 3.33. The maximum Gasteiger partial charge on any atom is 0.132 e. The molecule has 108 valence electrons. The van der Waals surface area contributed by atoms with Crippen molar-refractivity contribution in [2.24, 2.45) is 0 Å². The molecule has 0 radical (unpaired) electrons. The van der Waals surface area contributed by atoms with Gasteiger partial charge in [-0.15, -0.1) is 11.6 Å². The Kier molecular flexibility index (Phi) is 3.79. The van der Waals surface area contributed by atoms with Gasteiger partial charge in [-0.1, -0.05) is 11.6 Å². The third kappa shape index (κ3) is 2.59. The summed E-state index contributed by atoms with van der Waals surface area (Å²) >= 11 is 12.4. The summed E-state index contributed by atoms with van der Waals surface area (Å²) in [6.45, 7) is 1.91. The molecule has 0 spiro atoms. The SMILES string of the molecule is COc1ccc(-n2c(C(C)Cl)nc3ccc(Cl)cc32)cc1. The van der Waals surface area contributed by atoms with Crippen molar-refractivity contribution in [2.75, 3.05) is 7.11 Å². The average Bonchev–Trinajstić information content (AvgIpc) is 2.86. The van der Waals surface area contributed by atoms with Crippen LogP contribution >= 0.6 is 23.2 Å². The normalized spacial score (nSPS) is 12.6. The minimum absolute atomic E-state index is 0.210. The van der Waals surface area contributed by atoms with Crippen LogP contribution in [0, 0.1) is 0 Å². The molecule has 0 fully saturated rings. The number of ether oxygens (including phenoxy) is 1. The number of benzene rings is 2. The highest BCUT2D eigenvalue weighted by Crippen LogP contribution is 2.30. The van der Waals surface area contributed by atoms with Crippen LogP contribution in [0.25, 0.3) is 16.7 Å². The summed E-state index contributed by atoms with van der Waals surface area (Å²) in [6, 6.07) is 13.4. The van der Waals surface area contributed by atoms with Crippen LogP contribution in [0.3, 0.4) is 0 Å². The number of fused-ring (bicyclic) bond motifs is 1. The molecule has 5 heteroatoms. The van der Waals surface area contributed by atoms with Gasteiger partial charge in [-0.25, -0.2) is 4.98 Å². The second-order valence-electron chi connectivity index (χ2n) is 4.75. The van der Waals surface area contributed by atoms with Gasteiger partial charge in [0.05, 0.1) is 23.5 Å². The Morgan fingerprint density at radius 3 is 2.48 bits per heavy atom. The van der Waals surface area contributed by atoms with Crippen molar-refractivity contribution in [1.29, 1.82) is 0 Å². The number of nitrogens with zero attached hydrogens (tertiary/aromatic N) is 2. The van der Waals surface area contributed by atoms with Crippen LogP contribution in [-0.4, -0.2) is 16.7 Å². The van der Waals surface area contributed by atoms with E-state index in [1.165, 1.54) is 0 Å². The molecule has 21 heavy (non-hydrogen) atoms. The number of halogens is 2. The molecular formula is C16H14Cl2N2O. The minimum atomic E-state index is -0.210. The van der Waals surface area contributed by atoms with E-state index in [0.29, 0.717) is 5.02 Å². The summed E-state index contributed by atoms with van der Waals surface area (Å²) in [5.41, 5.74) is 2.79. The number of rotatable bonds is 3. The minimum Gasteiger partial charge on any atom is -0.497 e. The molecule has 0 aliphatic rings. The van der Waals surface area contributed by atoms with Crippen molar-refractivity contribution >= 4 is 34.2 Å². The number of imidazole rings is 1. The molecule has 3 rings (SSSR count). The van der Waals surface area contributed by atoms with E-state index in [4.69, 9.17) is 27.9 Å². The van der Waals surface area contributed by atoms with Gasteiger partial charge >= 0.3 is 0 Å². The average molecular weight is 321 g/mol. The van der Waals surface area contributed by atoms with Gasteiger partial charge in [-0.3, -0.25) is 4.57 Å². The molecule has 0 saturated carbocycles. The summed E-state index contributed by atoms with van der Waals surface area (Å²) in [5, 5.41) is 0.462. The number of alkyl halides is 1. The van der Waals surface area contributed by atoms with Crippen LogP contribution in [0.1, 0.15) is 18.1 Å². The lowest BCUT2D eigenvalue weighted by Crippen LogP contribution is -2.01. The molecule has 1 heterocycles. The Balaban J connectivity index is 2.26. The van der Waals surface area contributed by atoms with Gasteiger partial charge in [0.2, 0.25) is 0 Å². The second-order valence-corrected chi connectivity index (χ2v) is 5.84. The van der Waals surface area contributed by atoms with Gasteiger partial charge in [-0.2, -0.15) is 0 Å². The molecule has 0 aliphatic carbocycles. The van der Waals surface area contributed by atoms with Crippen LogP contribution in [-0.2, 0) is 0 Å². The molecule has 3 nitrogen and oxygen atoms in total. The summed E-state index contributed by atoms with van der Waals surface area (Å²) in [7, 11) is 1.65. The lowest BCUT2D eigenvalue weighted by Gasteiger charge is -2.11. The molecule has 3 aromatic rings. The van der Waals surface area contributed by atoms with Gasteiger partial charge in [0, 0.05) is 10.7 Å². The van der Waals surface area contributed by atoms with E-state index in [2.05, 4.69) is 4.98 Å².